The molecule has 1 amide bonds. The molecule has 3 aromatic rings. The fraction of sp³-hybridized carbons (Fsp3) is 0.125. The van der Waals surface area contributed by atoms with E-state index in [1.165, 1.54) is 13.2 Å². The summed E-state index contributed by atoms with van der Waals surface area (Å²) in [4.78, 5) is 24.1. The zero-order chi connectivity index (χ0) is 22.2. The molecule has 0 aliphatic heterocycles. The zero-order valence-corrected chi connectivity index (χ0v) is 17.0. The van der Waals surface area contributed by atoms with Crippen LogP contribution in [0.5, 0.6) is 5.75 Å². The number of nitriles is 1. The first-order chi connectivity index (χ1) is 15.0. The highest BCUT2D eigenvalue weighted by Gasteiger charge is 2.14. The molecule has 7 nitrogen and oxygen atoms in total. The van der Waals surface area contributed by atoms with Gasteiger partial charge in [0.25, 0.3) is 5.91 Å². The number of para-hydroxylation sites is 2. The van der Waals surface area contributed by atoms with E-state index in [9.17, 15) is 14.9 Å². The second kappa shape index (κ2) is 9.94. The minimum absolute atomic E-state index is 0.117. The summed E-state index contributed by atoms with van der Waals surface area (Å²) in [5.74, 6) is 0.394. The molecule has 0 bridgehead atoms. The number of anilines is 1. The third-order valence-corrected chi connectivity index (χ3v) is 4.30. The van der Waals surface area contributed by atoms with Crippen molar-refractivity contribution in [2.75, 3.05) is 19.0 Å². The van der Waals surface area contributed by atoms with Crippen LogP contribution in [0, 0.1) is 11.3 Å². The van der Waals surface area contributed by atoms with E-state index in [4.69, 9.17) is 9.15 Å². The third-order valence-electron chi connectivity index (χ3n) is 4.30. The molecule has 1 heterocycles. The number of carbonyl (C=O) groups is 2. The van der Waals surface area contributed by atoms with E-state index in [0.717, 1.165) is 5.56 Å². The zero-order valence-electron chi connectivity index (χ0n) is 17.0. The molecule has 0 spiro atoms. The Hall–Kier alpha value is -4.31. The number of benzene rings is 2. The van der Waals surface area contributed by atoms with Crippen molar-refractivity contribution >= 4 is 23.6 Å². The lowest BCUT2D eigenvalue weighted by Crippen LogP contribution is -2.14. The SMILES string of the molecule is CCOc1ccccc1NC(=O)/C(C#N)=C/c1ccc(-c2ccc(C(=O)OC)cc2)o1. The molecular weight excluding hydrogens is 396 g/mol. The van der Waals surface area contributed by atoms with Gasteiger partial charge in [-0.1, -0.05) is 24.3 Å². The van der Waals surface area contributed by atoms with Crippen LogP contribution in [0.1, 0.15) is 23.0 Å². The molecule has 156 valence electrons. The normalized spacial score (nSPS) is 10.8. The fourth-order valence-corrected chi connectivity index (χ4v) is 2.81. The molecule has 0 atom stereocenters. The molecule has 0 saturated carbocycles. The fourth-order valence-electron chi connectivity index (χ4n) is 2.81. The van der Waals surface area contributed by atoms with E-state index in [-0.39, 0.29) is 5.57 Å². The molecular formula is C24H20N2O5. The number of esters is 1. The van der Waals surface area contributed by atoms with Gasteiger partial charge in [0.2, 0.25) is 0 Å². The lowest BCUT2D eigenvalue weighted by Gasteiger charge is -2.10. The Morgan fingerprint density at radius 1 is 1.10 bits per heavy atom. The van der Waals surface area contributed by atoms with E-state index >= 15 is 0 Å². The standard InChI is InChI=1S/C24H20N2O5/c1-3-30-22-7-5-4-6-20(22)26-23(27)18(15-25)14-19-12-13-21(31-19)16-8-10-17(11-9-16)24(28)29-2/h4-14H,3H2,1-2H3,(H,26,27)/b18-14+. The number of nitrogens with one attached hydrogen (secondary N) is 1. The van der Waals surface area contributed by atoms with Gasteiger partial charge in [-0.2, -0.15) is 5.26 Å². The summed E-state index contributed by atoms with van der Waals surface area (Å²) in [5, 5.41) is 12.1. The maximum atomic E-state index is 12.6. The first kappa shape index (κ1) is 21.4. The summed E-state index contributed by atoms with van der Waals surface area (Å²) >= 11 is 0. The average Bonchev–Trinajstić information content (AvgIpc) is 3.27. The van der Waals surface area contributed by atoms with Gasteiger partial charge in [0.15, 0.2) is 0 Å². The summed E-state index contributed by atoms with van der Waals surface area (Å²) in [6.45, 7) is 2.29. The molecule has 3 rings (SSSR count). The first-order valence-corrected chi connectivity index (χ1v) is 9.49. The van der Waals surface area contributed by atoms with Crippen LogP contribution in [0.2, 0.25) is 0 Å². The van der Waals surface area contributed by atoms with Gasteiger partial charge in [-0.15, -0.1) is 0 Å². The topological polar surface area (TPSA) is 102 Å². The minimum Gasteiger partial charge on any atom is -0.492 e. The molecule has 0 saturated heterocycles. The Balaban J connectivity index is 1.78. The molecule has 2 aromatic carbocycles. The van der Waals surface area contributed by atoms with E-state index in [1.807, 2.05) is 13.0 Å². The largest absolute Gasteiger partial charge is 0.492 e. The summed E-state index contributed by atoms with van der Waals surface area (Å²) in [6.07, 6.45) is 1.37. The Morgan fingerprint density at radius 3 is 2.52 bits per heavy atom. The van der Waals surface area contributed by atoms with E-state index in [0.29, 0.717) is 35.1 Å². The molecule has 1 aromatic heterocycles. The highest BCUT2D eigenvalue weighted by Crippen LogP contribution is 2.26. The number of amides is 1. The van der Waals surface area contributed by atoms with Crippen LogP contribution in [-0.2, 0) is 9.53 Å². The number of carbonyl (C=O) groups excluding carboxylic acids is 2. The van der Waals surface area contributed by atoms with Crippen LogP contribution in [-0.4, -0.2) is 25.6 Å². The van der Waals surface area contributed by atoms with Crippen molar-refractivity contribution < 1.29 is 23.5 Å². The van der Waals surface area contributed by atoms with Gasteiger partial charge >= 0.3 is 5.97 Å². The number of nitrogens with zero attached hydrogens (tertiary/aromatic N) is 1. The van der Waals surface area contributed by atoms with Crippen molar-refractivity contribution in [3.8, 4) is 23.1 Å². The molecule has 1 N–H and O–H groups in total. The van der Waals surface area contributed by atoms with Gasteiger partial charge in [0, 0.05) is 11.6 Å². The maximum absolute atomic E-state index is 12.6. The van der Waals surface area contributed by atoms with Crippen molar-refractivity contribution in [1.82, 2.24) is 0 Å². The monoisotopic (exact) mass is 416 g/mol. The second-order valence-electron chi connectivity index (χ2n) is 6.32. The number of rotatable bonds is 7. The van der Waals surface area contributed by atoms with Crippen LogP contribution >= 0.6 is 0 Å². The van der Waals surface area contributed by atoms with Crippen LogP contribution < -0.4 is 10.1 Å². The molecule has 0 fully saturated rings. The van der Waals surface area contributed by atoms with Crippen LogP contribution in [0.15, 0.2) is 70.7 Å². The predicted molar refractivity (Wildman–Crippen MR) is 115 cm³/mol. The summed E-state index contributed by atoms with van der Waals surface area (Å²) < 4.78 is 15.9. The number of methoxy groups -OCH3 is 1. The Labute approximate surface area is 179 Å². The van der Waals surface area contributed by atoms with Crippen molar-refractivity contribution in [2.45, 2.75) is 6.92 Å². The van der Waals surface area contributed by atoms with E-state index in [2.05, 4.69) is 10.1 Å². The second-order valence-corrected chi connectivity index (χ2v) is 6.32. The maximum Gasteiger partial charge on any atom is 0.337 e. The van der Waals surface area contributed by atoms with E-state index < -0.39 is 11.9 Å². The lowest BCUT2D eigenvalue weighted by molar-refractivity contribution is -0.112. The Kier molecular flexibility index (Phi) is 6.86. The van der Waals surface area contributed by atoms with Crippen LogP contribution in [0.25, 0.3) is 17.4 Å². The van der Waals surface area contributed by atoms with Crippen molar-refractivity contribution in [1.29, 1.82) is 5.26 Å². The van der Waals surface area contributed by atoms with Gasteiger partial charge in [0.05, 0.1) is 25.0 Å². The number of ether oxygens (including phenoxy) is 2. The van der Waals surface area contributed by atoms with Gasteiger partial charge in [-0.25, -0.2) is 4.79 Å². The van der Waals surface area contributed by atoms with Crippen molar-refractivity contribution in [3.63, 3.8) is 0 Å². The van der Waals surface area contributed by atoms with Crippen LogP contribution in [0.4, 0.5) is 5.69 Å². The molecule has 0 aliphatic carbocycles. The van der Waals surface area contributed by atoms with Crippen molar-refractivity contribution in [3.05, 3.63) is 77.6 Å². The minimum atomic E-state index is -0.574. The highest BCUT2D eigenvalue weighted by atomic mass is 16.5. The molecule has 0 aliphatic rings. The molecule has 31 heavy (non-hydrogen) atoms. The Bertz CT molecular complexity index is 1150. The quantitative estimate of drug-likeness (QED) is 0.341. The summed E-state index contributed by atoms with van der Waals surface area (Å²) in [7, 11) is 1.32. The molecule has 0 unspecified atom stereocenters. The van der Waals surface area contributed by atoms with Gasteiger partial charge < -0.3 is 19.2 Å². The molecule has 0 radical (unpaired) electrons. The third kappa shape index (κ3) is 5.19. The number of furan rings is 1. The van der Waals surface area contributed by atoms with E-state index in [1.54, 1.807) is 60.7 Å². The van der Waals surface area contributed by atoms with Gasteiger partial charge in [0.1, 0.15) is 28.9 Å². The predicted octanol–water partition coefficient (Wildman–Crippen LogP) is 4.68. The summed E-state index contributed by atoms with van der Waals surface area (Å²) in [5.41, 5.74) is 1.52. The lowest BCUT2D eigenvalue weighted by atomic mass is 10.1. The number of hydrogen-bond acceptors (Lipinski definition) is 6. The van der Waals surface area contributed by atoms with Gasteiger partial charge in [-0.3, -0.25) is 4.79 Å². The summed E-state index contributed by atoms with van der Waals surface area (Å²) in [6, 6.07) is 19.0. The van der Waals surface area contributed by atoms with Crippen LogP contribution in [0.3, 0.4) is 0 Å². The smallest absolute Gasteiger partial charge is 0.337 e. The number of hydrogen-bond donors (Lipinski definition) is 1. The first-order valence-electron chi connectivity index (χ1n) is 9.49. The molecule has 7 heteroatoms. The highest BCUT2D eigenvalue weighted by molar-refractivity contribution is 6.10. The van der Waals surface area contributed by atoms with Gasteiger partial charge in [-0.05, 0) is 43.3 Å². The van der Waals surface area contributed by atoms with Crippen molar-refractivity contribution in [2.24, 2.45) is 0 Å². The average molecular weight is 416 g/mol. The Morgan fingerprint density at radius 2 is 1.84 bits per heavy atom.